The summed E-state index contributed by atoms with van der Waals surface area (Å²) < 4.78 is 25.9. The van der Waals surface area contributed by atoms with Gasteiger partial charge >= 0.3 is 0 Å². The van der Waals surface area contributed by atoms with Gasteiger partial charge in [0, 0.05) is 32.4 Å². The number of rotatable bonds is 6. The number of fused-ring (bicyclic) bond motifs is 1. The lowest BCUT2D eigenvalue weighted by molar-refractivity contribution is -0.120. The molecule has 0 radical (unpaired) electrons. The van der Waals surface area contributed by atoms with Crippen LogP contribution in [0.4, 0.5) is 23.0 Å². The van der Waals surface area contributed by atoms with Crippen LogP contribution < -0.4 is 15.1 Å². The molecule has 1 unspecified atom stereocenters. The largest absolute Gasteiger partial charge is 0.340 e. The van der Waals surface area contributed by atoms with E-state index in [2.05, 4.69) is 10.2 Å². The number of likely N-dealkylation sites (N-methyl/N-ethyl adjacent to an activating group) is 1. The van der Waals surface area contributed by atoms with E-state index in [1.807, 2.05) is 30.9 Å². The zero-order valence-corrected chi connectivity index (χ0v) is 21.3. The highest BCUT2D eigenvalue weighted by atomic mass is 32.2. The minimum atomic E-state index is -3.48. The third-order valence-corrected chi connectivity index (χ3v) is 8.70. The van der Waals surface area contributed by atoms with E-state index >= 15 is 0 Å². The van der Waals surface area contributed by atoms with E-state index in [-0.39, 0.29) is 16.8 Å². The number of anilines is 4. The molecular formula is C25H35N5O3S. The molecule has 0 saturated heterocycles. The average molecular weight is 486 g/mol. The Morgan fingerprint density at radius 3 is 2.26 bits per heavy atom. The first kappa shape index (κ1) is 24.5. The SMILES string of the molecule is CCN1C(=O)C(C)N(C2CCCCCC2)c2nc(Nc3ccc(S(=O)(=O)N(C)C)cc3)ccc21. The summed E-state index contributed by atoms with van der Waals surface area (Å²) in [5.74, 6) is 1.63. The first-order valence-electron chi connectivity index (χ1n) is 12.1. The summed E-state index contributed by atoms with van der Waals surface area (Å²) in [6, 6.07) is 10.6. The van der Waals surface area contributed by atoms with Gasteiger partial charge in [0.25, 0.3) is 0 Å². The molecule has 34 heavy (non-hydrogen) atoms. The second-order valence-electron chi connectivity index (χ2n) is 9.29. The lowest BCUT2D eigenvalue weighted by atomic mass is 10.0. The number of hydrogen-bond acceptors (Lipinski definition) is 6. The minimum absolute atomic E-state index is 0.124. The van der Waals surface area contributed by atoms with E-state index in [1.54, 1.807) is 24.3 Å². The van der Waals surface area contributed by atoms with Crippen molar-refractivity contribution >= 4 is 38.9 Å². The van der Waals surface area contributed by atoms with Crippen molar-refractivity contribution < 1.29 is 13.2 Å². The van der Waals surface area contributed by atoms with Crippen molar-refractivity contribution in [1.82, 2.24) is 9.29 Å². The molecule has 0 spiro atoms. The summed E-state index contributed by atoms with van der Waals surface area (Å²) in [6.45, 7) is 4.58. The predicted octanol–water partition coefficient (Wildman–Crippen LogP) is 4.36. The third-order valence-electron chi connectivity index (χ3n) is 6.87. The van der Waals surface area contributed by atoms with E-state index in [4.69, 9.17) is 4.98 Å². The summed E-state index contributed by atoms with van der Waals surface area (Å²) in [4.78, 5) is 22.5. The van der Waals surface area contributed by atoms with Gasteiger partial charge in [-0.05, 0) is 63.1 Å². The van der Waals surface area contributed by atoms with Crippen molar-refractivity contribution in [3.8, 4) is 0 Å². The molecule has 4 rings (SSSR count). The maximum absolute atomic E-state index is 13.2. The summed E-state index contributed by atoms with van der Waals surface area (Å²) in [7, 11) is -0.440. The zero-order valence-electron chi connectivity index (χ0n) is 20.5. The van der Waals surface area contributed by atoms with Gasteiger partial charge in [0.1, 0.15) is 11.9 Å². The van der Waals surface area contributed by atoms with Crippen molar-refractivity contribution in [1.29, 1.82) is 0 Å². The molecule has 9 heteroatoms. The molecule has 2 heterocycles. The van der Waals surface area contributed by atoms with E-state index in [0.29, 0.717) is 18.4 Å². The van der Waals surface area contributed by atoms with Crippen LogP contribution in [-0.2, 0) is 14.8 Å². The van der Waals surface area contributed by atoms with Gasteiger partial charge in [0.05, 0.1) is 10.6 Å². The monoisotopic (exact) mass is 485 g/mol. The topological polar surface area (TPSA) is 85.9 Å². The molecule has 1 saturated carbocycles. The van der Waals surface area contributed by atoms with E-state index in [0.717, 1.165) is 30.0 Å². The Bertz CT molecular complexity index is 1130. The molecule has 2 aromatic rings. The maximum atomic E-state index is 13.2. The van der Waals surface area contributed by atoms with Crippen molar-refractivity contribution in [3.05, 3.63) is 36.4 Å². The zero-order chi connectivity index (χ0) is 24.5. The summed E-state index contributed by atoms with van der Waals surface area (Å²) in [5.41, 5.74) is 1.60. The van der Waals surface area contributed by atoms with Crippen molar-refractivity contribution in [2.24, 2.45) is 0 Å². The summed E-state index contributed by atoms with van der Waals surface area (Å²) in [5, 5.41) is 3.31. The molecule has 8 nitrogen and oxygen atoms in total. The molecule has 1 aliphatic carbocycles. The lowest BCUT2D eigenvalue weighted by Gasteiger charge is -2.44. The quantitative estimate of drug-likeness (QED) is 0.612. The molecular weight excluding hydrogens is 450 g/mol. The molecule has 1 fully saturated rings. The number of pyridine rings is 1. The smallest absolute Gasteiger partial charge is 0.249 e. The van der Waals surface area contributed by atoms with Crippen LogP contribution in [0.1, 0.15) is 52.4 Å². The van der Waals surface area contributed by atoms with Gasteiger partial charge in [-0.25, -0.2) is 17.7 Å². The normalized spacial score (nSPS) is 19.8. The summed E-state index contributed by atoms with van der Waals surface area (Å²) >= 11 is 0. The Hall–Kier alpha value is -2.65. The van der Waals surface area contributed by atoms with Gasteiger partial charge in [-0.15, -0.1) is 0 Å². The fourth-order valence-corrected chi connectivity index (χ4v) is 5.88. The maximum Gasteiger partial charge on any atom is 0.249 e. The van der Waals surface area contributed by atoms with Crippen LogP contribution in [0.5, 0.6) is 0 Å². The van der Waals surface area contributed by atoms with E-state index in [1.165, 1.54) is 44.1 Å². The first-order chi connectivity index (χ1) is 16.2. The summed E-state index contributed by atoms with van der Waals surface area (Å²) in [6.07, 6.45) is 6.99. The Labute approximate surface area is 203 Å². The van der Waals surface area contributed by atoms with Gasteiger partial charge in [-0.2, -0.15) is 0 Å². The standard InChI is InChI=1S/C25H35N5O3S/c1-5-29-22-16-17-23(26-19-12-14-21(15-13-19)34(32,33)28(3)4)27-24(22)30(18(2)25(29)31)20-10-8-6-7-9-11-20/h12-18,20H,5-11H2,1-4H3,(H,26,27). The van der Waals surface area contributed by atoms with Gasteiger partial charge in [-0.1, -0.05) is 25.7 Å². The Kier molecular flexibility index (Phi) is 7.14. The predicted molar refractivity (Wildman–Crippen MR) is 136 cm³/mol. The molecule has 184 valence electrons. The van der Waals surface area contributed by atoms with Gasteiger partial charge < -0.3 is 15.1 Å². The number of benzene rings is 1. The number of carbonyl (C=O) groups is 1. The number of hydrogen-bond donors (Lipinski definition) is 1. The molecule has 1 aromatic heterocycles. The second-order valence-corrected chi connectivity index (χ2v) is 11.4. The van der Waals surface area contributed by atoms with E-state index < -0.39 is 10.0 Å². The molecule has 1 aromatic carbocycles. The van der Waals surface area contributed by atoms with Crippen LogP contribution >= 0.6 is 0 Å². The first-order valence-corrected chi connectivity index (χ1v) is 13.6. The molecule has 1 N–H and O–H groups in total. The highest BCUT2D eigenvalue weighted by Crippen LogP contribution is 2.39. The fraction of sp³-hybridized carbons (Fsp3) is 0.520. The van der Waals surface area contributed by atoms with Crippen LogP contribution in [-0.4, -0.2) is 56.3 Å². The van der Waals surface area contributed by atoms with Crippen LogP contribution in [0.15, 0.2) is 41.3 Å². The molecule has 1 amide bonds. The van der Waals surface area contributed by atoms with Crippen LogP contribution in [0, 0.1) is 0 Å². The van der Waals surface area contributed by atoms with Crippen molar-refractivity contribution in [2.75, 3.05) is 35.8 Å². The fourth-order valence-electron chi connectivity index (χ4n) is 4.98. The number of sulfonamides is 1. The van der Waals surface area contributed by atoms with E-state index in [9.17, 15) is 13.2 Å². The number of carbonyl (C=O) groups excluding carboxylic acids is 1. The Morgan fingerprint density at radius 2 is 1.68 bits per heavy atom. The highest BCUT2D eigenvalue weighted by Gasteiger charge is 2.39. The second kappa shape index (κ2) is 9.92. The van der Waals surface area contributed by atoms with Crippen LogP contribution in [0.25, 0.3) is 0 Å². The molecule has 2 aliphatic rings. The Morgan fingerprint density at radius 1 is 1.03 bits per heavy atom. The van der Waals surface area contributed by atoms with Crippen LogP contribution in [0.3, 0.4) is 0 Å². The number of nitrogens with one attached hydrogen (secondary N) is 1. The average Bonchev–Trinajstić information content (AvgIpc) is 3.10. The van der Waals surface area contributed by atoms with Crippen molar-refractivity contribution in [2.45, 2.75) is 69.4 Å². The minimum Gasteiger partial charge on any atom is -0.340 e. The lowest BCUT2D eigenvalue weighted by Crippen LogP contribution is -2.56. The molecule has 1 aliphatic heterocycles. The van der Waals surface area contributed by atoms with Gasteiger partial charge in [-0.3, -0.25) is 4.79 Å². The number of amides is 1. The number of aromatic nitrogens is 1. The molecule has 1 atom stereocenters. The van der Waals surface area contributed by atoms with Gasteiger partial charge in [0.15, 0.2) is 5.82 Å². The number of nitrogens with zero attached hydrogens (tertiary/aromatic N) is 4. The van der Waals surface area contributed by atoms with Crippen molar-refractivity contribution in [3.63, 3.8) is 0 Å². The third kappa shape index (κ3) is 4.63. The Balaban J connectivity index is 1.66. The van der Waals surface area contributed by atoms with Crippen LogP contribution in [0.2, 0.25) is 0 Å². The highest BCUT2D eigenvalue weighted by molar-refractivity contribution is 7.89. The molecule has 0 bridgehead atoms. The van der Waals surface area contributed by atoms with Gasteiger partial charge in [0.2, 0.25) is 15.9 Å².